The Labute approximate surface area is 126 Å². The van der Waals surface area contributed by atoms with Crippen LogP contribution in [0.25, 0.3) is 0 Å². The number of nitrogens with zero attached hydrogens (tertiary/aromatic N) is 1. The molecule has 1 aliphatic rings. The monoisotopic (exact) mass is 279 g/mol. The molecule has 0 fully saturated rings. The molecule has 1 unspecified atom stereocenters. The first-order valence-corrected chi connectivity index (χ1v) is 7.59. The SMILES string of the molecule is CC1Cc2ccccc2CC(=O)N1[C@H](C)c1ccccc1. The molecule has 0 bridgehead atoms. The van der Waals surface area contributed by atoms with Crippen molar-refractivity contribution in [2.75, 3.05) is 0 Å². The molecule has 0 N–H and O–H groups in total. The van der Waals surface area contributed by atoms with Gasteiger partial charge in [0.1, 0.15) is 0 Å². The molecule has 0 aliphatic carbocycles. The van der Waals surface area contributed by atoms with Crippen molar-refractivity contribution in [3.8, 4) is 0 Å². The number of fused-ring (bicyclic) bond motifs is 1. The summed E-state index contributed by atoms with van der Waals surface area (Å²) < 4.78 is 0. The van der Waals surface area contributed by atoms with Gasteiger partial charge in [-0.15, -0.1) is 0 Å². The largest absolute Gasteiger partial charge is 0.333 e. The van der Waals surface area contributed by atoms with Gasteiger partial charge in [0.2, 0.25) is 5.91 Å². The second-order valence-electron chi connectivity index (χ2n) is 5.89. The Morgan fingerprint density at radius 2 is 1.62 bits per heavy atom. The molecule has 0 aromatic heterocycles. The predicted molar refractivity (Wildman–Crippen MR) is 85.0 cm³/mol. The maximum absolute atomic E-state index is 12.7. The van der Waals surface area contributed by atoms with Crippen molar-refractivity contribution < 1.29 is 4.79 Å². The zero-order valence-corrected chi connectivity index (χ0v) is 12.6. The predicted octanol–water partition coefficient (Wildman–Crippen LogP) is 3.76. The molecule has 0 spiro atoms. The highest BCUT2D eigenvalue weighted by molar-refractivity contribution is 5.80. The lowest BCUT2D eigenvalue weighted by Gasteiger charge is -2.33. The van der Waals surface area contributed by atoms with Gasteiger partial charge < -0.3 is 4.90 Å². The first-order valence-electron chi connectivity index (χ1n) is 7.59. The molecule has 0 radical (unpaired) electrons. The summed E-state index contributed by atoms with van der Waals surface area (Å²) in [5, 5.41) is 0. The van der Waals surface area contributed by atoms with Crippen molar-refractivity contribution >= 4 is 5.91 Å². The molecule has 0 saturated heterocycles. The average molecular weight is 279 g/mol. The highest BCUT2D eigenvalue weighted by Crippen LogP contribution is 2.28. The fourth-order valence-electron chi connectivity index (χ4n) is 3.34. The third kappa shape index (κ3) is 2.71. The Bertz CT molecular complexity index is 635. The van der Waals surface area contributed by atoms with E-state index in [0.717, 1.165) is 6.42 Å². The van der Waals surface area contributed by atoms with E-state index in [4.69, 9.17) is 0 Å². The van der Waals surface area contributed by atoms with E-state index in [1.54, 1.807) is 0 Å². The van der Waals surface area contributed by atoms with Crippen LogP contribution in [-0.2, 0) is 17.6 Å². The van der Waals surface area contributed by atoms with E-state index < -0.39 is 0 Å². The Kier molecular flexibility index (Phi) is 3.78. The number of carbonyl (C=O) groups is 1. The van der Waals surface area contributed by atoms with Gasteiger partial charge in [-0.05, 0) is 37.0 Å². The summed E-state index contributed by atoms with van der Waals surface area (Å²) in [6, 6.07) is 18.9. The quantitative estimate of drug-likeness (QED) is 0.819. The minimum Gasteiger partial charge on any atom is -0.333 e. The second kappa shape index (κ2) is 5.72. The van der Waals surface area contributed by atoms with Crippen LogP contribution < -0.4 is 0 Å². The Balaban J connectivity index is 1.92. The number of benzene rings is 2. The number of rotatable bonds is 2. The summed E-state index contributed by atoms with van der Waals surface area (Å²) in [6.07, 6.45) is 1.44. The van der Waals surface area contributed by atoms with Crippen LogP contribution >= 0.6 is 0 Å². The molecular formula is C19H21NO. The standard InChI is InChI=1S/C19H21NO/c1-14-12-17-10-6-7-11-18(17)13-19(21)20(14)15(2)16-8-4-3-5-9-16/h3-11,14-15H,12-13H2,1-2H3/t14?,15-/m1/s1. The summed E-state index contributed by atoms with van der Waals surface area (Å²) in [5.74, 6) is 0.226. The van der Waals surface area contributed by atoms with Crippen LogP contribution in [0.15, 0.2) is 54.6 Å². The molecular weight excluding hydrogens is 258 g/mol. The van der Waals surface area contributed by atoms with E-state index in [1.807, 2.05) is 24.3 Å². The van der Waals surface area contributed by atoms with Crippen LogP contribution in [0, 0.1) is 0 Å². The number of hydrogen-bond donors (Lipinski definition) is 0. The van der Waals surface area contributed by atoms with Crippen LogP contribution in [0.1, 0.15) is 36.6 Å². The lowest BCUT2D eigenvalue weighted by molar-refractivity contribution is -0.134. The Morgan fingerprint density at radius 3 is 2.33 bits per heavy atom. The van der Waals surface area contributed by atoms with Gasteiger partial charge >= 0.3 is 0 Å². The molecule has 2 aromatic rings. The molecule has 2 nitrogen and oxygen atoms in total. The first kappa shape index (κ1) is 13.9. The molecule has 1 aliphatic heterocycles. The molecule has 21 heavy (non-hydrogen) atoms. The number of carbonyl (C=O) groups excluding carboxylic acids is 1. The van der Waals surface area contributed by atoms with Crippen molar-refractivity contribution in [2.45, 2.75) is 38.8 Å². The van der Waals surface area contributed by atoms with Gasteiger partial charge in [0.15, 0.2) is 0 Å². The van der Waals surface area contributed by atoms with Crippen LogP contribution in [-0.4, -0.2) is 16.8 Å². The maximum Gasteiger partial charge on any atom is 0.227 e. The molecule has 2 heteroatoms. The van der Waals surface area contributed by atoms with Crippen LogP contribution in [0.4, 0.5) is 0 Å². The summed E-state index contributed by atoms with van der Waals surface area (Å²) in [5.41, 5.74) is 3.68. The van der Waals surface area contributed by atoms with Crippen molar-refractivity contribution in [2.24, 2.45) is 0 Å². The minimum atomic E-state index is 0.114. The van der Waals surface area contributed by atoms with Crippen molar-refractivity contribution in [3.05, 3.63) is 71.3 Å². The van der Waals surface area contributed by atoms with Gasteiger partial charge in [-0.25, -0.2) is 0 Å². The third-order valence-corrected chi connectivity index (χ3v) is 4.44. The second-order valence-corrected chi connectivity index (χ2v) is 5.89. The molecule has 1 amide bonds. The fourth-order valence-corrected chi connectivity index (χ4v) is 3.34. The zero-order valence-electron chi connectivity index (χ0n) is 12.6. The van der Waals surface area contributed by atoms with Gasteiger partial charge in [-0.2, -0.15) is 0 Å². The highest BCUT2D eigenvalue weighted by atomic mass is 16.2. The lowest BCUT2D eigenvalue weighted by Crippen LogP contribution is -2.40. The van der Waals surface area contributed by atoms with E-state index in [1.165, 1.54) is 16.7 Å². The topological polar surface area (TPSA) is 20.3 Å². The number of hydrogen-bond acceptors (Lipinski definition) is 1. The Morgan fingerprint density at radius 1 is 1.00 bits per heavy atom. The van der Waals surface area contributed by atoms with E-state index in [9.17, 15) is 4.79 Å². The summed E-state index contributed by atoms with van der Waals surface area (Å²) in [6.45, 7) is 4.28. The number of amides is 1. The van der Waals surface area contributed by atoms with Gasteiger partial charge in [0.25, 0.3) is 0 Å². The van der Waals surface area contributed by atoms with Crippen molar-refractivity contribution in [1.29, 1.82) is 0 Å². The van der Waals surface area contributed by atoms with Gasteiger partial charge in [0, 0.05) is 6.04 Å². The summed E-state index contributed by atoms with van der Waals surface area (Å²) >= 11 is 0. The van der Waals surface area contributed by atoms with Gasteiger partial charge in [-0.3, -0.25) is 4.79 Å². The molecule has 2 aromatic carbocycles. The smallest absolute Gasteiger partial charge is 0.227 e. The van der Waals surface area contributed by atoms with Crippen LogP contribution in [0.2, 0.25) is 0 Å². The maximum atomic E-state index is 12.7. The Hall–Kier alpha value is -2.09. The van der Waals surface area contributed by atoms with E-state index in [0.29, 0.717) is 6.42 Å². The highest BCUT2D eigenvalue weighted by Gasteiger charge is 2.30. The lowest BCUT2D eigenvalue weighted by atomic mass is 10.0. The molecule has 108 valence electrons. The van der Waals surface area contributed by atoms with Gasteiger partial charge in [-0.1, -0.05) is 54.6 Å². The van der Waals surface area contributed by atoms with Crippen molar-refractivity contribution in [3.63, 3.8) is 0 Å². The third-order valence-electron chi connectivity index (χ3n) is 4.44. The zero-order chi connectivity index (χ0) is 14.8. The van der Waals surface area contributed by atoms with E-state index >= 15 is 0 Å². The molecule has 3 rings (SSSR count). The summed E-state index contributed by atoms with van der Waals surface area (Å²) in [7, 11) is 0. The van der Waals surface area contributed by atoms with E-state index in [-0.39, 0.29) is 18.0 Å². The van der Waals surface area contributed by atoms with Gasteiger partial charge in [0.05, 0.1) is 12.5 Å². The van der Waals surface area contributed by atoms with Crippen molar-refractivity contribution in [1.82, 2.24) is 4.90 Å². The molecule has 2 atom stereocenters. The fraction of sp³-hybridized carbons (Fsp3) is 0.316. The minimum absolute atomic E-state index is 0.114. The van der Waals surface area contributed by atoms with Crippen LogP contribution in [0.3, 0.4) is 0 Å². The normalized spacial score (nSPS) is 19.8. The average Bonchev–Trinajstić information content (AvgIpc) is 2.62. The summed E-state index contributed by atoms with van der Waals surface area (Å²) in [4.78, 5) is 14.8. The molecule has 0 saturated carbocycles. The van der Waals surface area contributed by atoms with E-state index in [2.05, 4.69) is 49.1 Å². The first-order chi connectivity index (χ1) is 10.2. The van der Waals surface area contributed by atoms with Crippen LogP contribution in [0.5, 0.6) is 0 Å². The molecule has 1 heterocycles.